The molecule has 1 heterocycles. The summed E-state index contributed by atoms with van der Waals surface area (Å²) in [7, 11) is 0. The Kier molecular flexibility index (Phi) is 4.97. The zero-order valence-electron chi connectivity index (χ0n) is 11.1. The first kappa shape index (κ1) is 14.5. The van der Waals surface area contributed by atoms with E-state index in [1.165, 1.54) is 15.3 Å². The second-order valence-corrected chi connectivity index (χ2v) is 6.68. The second kappa shape index (κ2) is 6.51. The molecule has 0 atom stereocenters. The SMILES string of the molecule is CC(C)C(=Cc1ccc(-c2ccccc2Br)s1)CO. The maximum absolute atomic E-state index is 9.35. The van der Waals surface area contributed by atoms with Gasteiger partial charge in [0.05, 0.1) is 6.61 Å². The number of hydrogen-bond acceptors (Lipinski definition) is 2. The predicted molar refractivity (Wildman–Crippen MR) is 87.4 cm³/mol. The lowest BCUT2D eigenvalue weighted by Crippen LogP contribution is -1.98. The van der Waals surface area contributed by atoms with E-state index in [0.717, 1.165) is 10.0 Å². The van der Waals surface area contributed by atoms with Crippen LogP contribution in [0.25, 0.3) is 16.5 Å². The monoisotopic (exact) mass is 336 g/mol. The third-order valence-corrected chi connectivity index (χ3v) is 4.77. The van der Waals surface area contributed by atoms with E-state index in [4.69, 9.17) is 0 Å². The molecular weight excluding hydrogens is 320 g/mol. The quantitative estimate of drug-likeness (QED) is 0.812. The predicted octanol–water partition coefficient (Wildman–Crippen LogP) is 5.21. The Labute approximate surface area is 126 Å². The molecule has 0 fully saturated rings. The van der Waals surface area contributed by atoms with E-state index in [1.54, 1.807) is 11.3 Å². The molecule has 0 aliphatic rings. The van der Waals surface area contributed by atoms with Crippen LogP contribution in [0.5, 0.6) is 0 Å². The van der Waals surface area contributed by atoms with Gasteiger partial charge in [-0.2, -0.15) is 0 Å². The van der Waals surface area contributed by atoms with Gasteiger partial charge < -0.3 is 5.11 Å². The number of benzene rings is 1. The Morgan fingerprint density at radius 3 is 2.63 bits per heavy atom. The molecule has 0 saturated heterocycles. The number of hydrogen-bond donors (Lipinski definition) is 1. The van der Waals surface area contributed by atoms with E-state index >= 15 is 0 Å². The summed E-state index contributed by atoms with van der Waals surface area (Å²) in [5.41, 5.74) is 2.28. The molecule has 0 saturated carbocycles. The van der Waals surface area contributed by atoms with Crippen molar-refractivity contribution in [2.24, 2.45) is 5.92 Å². The van der Waals surface area contributed by atoms with Crippen molar-refractivity contribution in [1.29, 1.82) is 0 Å². The van der Waals surface area contributed by atoms with Crippen LogP contribution >= 0.6 is 27.3 Å². The van der Waals surface area contributed by atoms with Crippen molar-refractivity contribution in [3.05, 3.63) is 51.3 Å². The summed E-state index contributed by atoms with van der Waals surface area (Å²) in [6, 6.07) is 12.5. The largest absolute Gasteiger partial charge is 0.392 e. The summed E-state index contributed by atoms with van der Waals surface area (Å²) < 4.78 is 1.11. The van der Waals surface area contributed by atoms with Crippen LogP contribution in [0.4, 0.5) is 0 Å². The smallest absolute Gasteiger partial charge is 0.0647 e. The maximum Gasteiger partial charge on any atom is 0.0647 e. The van der Waals surface area contributed by atoms with Crippen LogP contribution in [0.2, 0.25) is 0 Å². The van der Waals surface area contributed by atoms with Crippen molar-refractivity contribution in [3.8, 4) is 10.4 Å². The van der Waals surface area contributed by atoms with E-state index < -0.39 is 0 Å². The zero-order chi connectivity index (χ0) is 13.8. The lowest BCUT2D eigenvalue weighted by atomic mass is 10.0. The summed E-state index contributed by atoms with van der Waals surface area (Å²) in [4.78, 5) is 2.42. The molecule has 1 nitrogen and oxygen atoms in total. The molecule has 0 bridgehead atoms. The van der Waals surface area contributed by atoms with Crippen LogP contribution in [-0.4, -0.2) is 11.7 Å². The zero-order valence-corrected chi connectivity index (χ0v) is 13.5. The van der Waals surface area contributed by atoms with Gasteiger partial charge in [0.1, 0.15) is 0 Å². The Morgan fingerprint density at radius 1 is 1.26 bits per heavy atom. The van der Waals surface area contributed by atoms with Crippen molar-refractivity contribution in [2.75, 3.05) is 6.61 Å². The molecule has 1 N–H and O–H groups in total. The number of aliphatic hydroxyl groups excluding tert-OH is 1. The van der Waals surface area contributed by atoms with Crippen LogP contribution in [0.1, 0.15) is 18.7 Å². The topological polar surface area (TPSA) is 20.2 Å². The van der Waals surface area contributed by atoms with Gasteiger partial charge >= 0.3 is 0 Å². The van der Waals surface area contributed by atoms with Crippen LogP contribution in [0.3, 0.4) is 0 Å². The van der Waals surface area contributed by atoms with Crippen molar-refractivity contribution >= 4 is 33.3 Å². The number of aliphatic hydroxyl groups is 1. The molecular formula is C16H17BrOS. The van der Waals surface area contributed by atoms with Gasteiger partial charge in [-0.1, -0.05) is 48.0 Å². The highest BCUT2D eigenvalue weighted by Gasteiger charge is 2.07. The molecule has 1 aromatic heterocycles. The van der Waals surface area contributed by atoms with Gasteiger partial charge in [-0.05, 0) is 35.8 Å². The Hall–Kier alpha value is -0.900. The molecule has 0 spiro atoms. The van der Waals surface area contributed by atoms with Crippen molar-refractivity contribution in [1.82, 2.24) is 0 Å². The summed E-state index contributed by atoms with van der Waals surface area (Å²) in [5, 5.41) is 9.35. The van der Waals surface area contributed by atoms with E-state index in [-0.39, 0.29) is 6.61 Å². The average molecular weight is 337 g/mol. The fourth-order valence-electron chi connectivity index (χ4n) is 1.81. The van der Waals surface area contributed by atoms with Crippen molar-refractivity contribution < 1.29 is 5.11 Å². The minimum absolute atomic E-state index is 0.125. The Bertz CT molecular complexity index is 584. The first-order valence-electron chi connectivity index (χ1n) is 6.28. The molecule has 0 radical (unpaired) electrons. The number of rotatable bonds is 4. The van der Waals surface area contributed by atoms with Gasteiger partial charge in [0.15, 0.2) is 0 Å². The third kappa shape index (κ3) is 3.56. The van der Waals surface area contributed by atoms with Gasteiger partial charge in [-0.15, -0.1) is 11.3 Å². The van der Waals surface area contributed by atoms with Gasteiger partial charge in [0.25, 0.3) is 0 Å². The third-order valence-electron chi connectivity index (χ3n) is 3.02. The van der Waals surface area contributed by atoms with Gasteiger partial charge in [-0.25, -0.2) is 0 Å². The van der Waals surface area contributed by atoms with E-state index in [0.29, 0.717) is 5.92 Å². The minimum atomic E-state index is 0.125. The molecule has 0 aliphatic heterocycles. The van der Waals surface area contributed by atoms with Crippen molar-refractivity contribution in [3.63, 3.8) is 0 Å². The fraction of sp³-hybridized carbons (Fsp3) is 0.250. The molecule has 100 valence electrons. The molecule has 0 unspecified atom stereocenters. The average Bonchev–Trinajstić information content (AvgIpc) is 2.84. The van der Waals surface area contributed by atoms with E-state index in [1.807, 2.05) is 12.1 Å². The van der Waals surface area contributed by atoms with Gasteiger partial charge in [-0.3, -0.25) is 0 Å². The first-order chi connectivity index (χ1) is 9.11. The summed E-state index contributed by atoms with van der Waals surface area (Å²) >= 11 is 5.32. The lowest BCUT2D eigenvalue weighted by Gasteiger charge is -2.06. The van der Waals surface area contributed by atoms with Crippen LogP contribution in [0, 0.1) is 5.92 Å². The highest BCUT2D eigenvalue weighted by molar-refractivity contribution is 9.10. The van der Waals surface area contributed by atoms with E-state index in [2.05, 4.69) is 60.1 Å². The molecule has 1 aromatic carbocycles. The van der Waals surface area contributed by atoms with Gasteiger partial charge in [0.2, 0.25) is 0 Å². The van der Waals surface area contributed by atoms with Gasteiger partial charge in [0, 0.05) is 19.8 Å². The maximum atomic E-state index is 9.35. The Balaban J connectivity index is 2.32. The molecule has 0 amide bonds. The van der Waals surface area contributed by atoms with Crippen molar-refractivity contribution in [2.45, 2.75) is 13.8 Å². The molecule has 2 aromatic rings. The first-order valence-corrected chi connectivity index (χ1v) is 7.89. The molecule has 2 rings (SSSR count). The lowest BCUT2D eigenvalue weighted by molar-refractivity contribution is 0.320. The number of halogens is 1. The summed E-state index contributed by atoms with van der Waals surface area (Å²) in [5.74, 6) is 0.374. The van der Waals surface area contributed by atoms with Crippen LogP contribution in [-0.2, 0) is 0 Å². The van der Waals surface area contributed by atoms with E-state index in [9.17, 15) is 5.11 Å². The Morgan fingerprint density at radius 2 is 2.00 bits per heavy atom. The van der Waals surface area contributed by atoms with Crippen LogP contribution in [0.15, 0.2) is 46.4 Å². The normalized spacial score (nSPS) is 12.2. The minimum Gasteiger partial charge on any atom is -0.392 e. The molecule has 19 heavy (non-hydrogen) atoms. The highest BCUT2D eigenvalue weighted by atomic mass is 79.9. The summed E-state index contributed by atoms with van der Waals surface area (Å²) in [6.45, 7) is 4.33. The standard InChI is InChI=1S/C16H17BrOS/c1-11(2)12(10-18)9-13-7-8-16(19-13)14-5-3-4-6-15(14)17/h3-9,11,18H,10H2,1-2H3. The van der Waals surface area contributed by atoms with Crippen LogP contribution < -0.4 is 0 Å². The second-order valence-electron chi connectivity index (χ2n) is 4.71. The molecule has 0 aliphatic carbocycles. The highest BCUT2D eigenvalue weighted by Crippen LogP contribution is 2.34. The molecule has 3 heteroatoms. The number of thiophene rings is 1. The summed E-state index contributed by atoms with van der Waals surface area (Å²) in [6.07, 6.45) is 2.09. The fourth-order valence-corrected chi connectivity index (χ4v) is 3.47.